The maximum Gasteiger partial charge on any atom is 0.316 e. The minimum Gasteiger partial charge on any atom is -0.368 e. The number of amides is 2. The molecule has 7 heteroatoms. The first-order valence-corrected chi connectivity index (χ1v) is 5.66. The molecule has 0 saturated carbocycles. The third kappa shape index (κ3) is 2.88. The molecule has 2 rings (SSSR count). The Morgan fingerprint density at radius 1 is 1.39 bits per heavy atom. The van der Waals surface area contributed by atoms with E-state index in [0.29, 0.717) is 13.1 Å². The van der Waals surface area contributed by atoms with Crippen LogP contribution in [-0.2, 0) is 0 Å². The third-order valence-corrected chi connectivity index (χ3v) is 2.37. The molecular formula is C11H16N6O. The SMILES string of the molecule is CN(C)C(=O)NCCNc1ccn2nccc2n1. The number of urea groups is 1. The molecule has 0 atom stereocenters. The molecule has 0 aliphatic carbocycles. The molecule has 0 aliphatic rings. The lowest BCUT2D eigenvalue weighted by molar-refractivity contribution is 0.218. The predicted molar refractivity (Wildman–Crippen MR) is 68.6 cm³/mol. The Morgan fingerprint density at radius 3 is 3.00 bits per heavy atom. The highest BCUT2D eigenvalue weighted by molar-refractivity contribution is 5.73. The van der Waals surface area contributed by atoms with Gasteiger partial charge in [0.1, 0.15) is 5.82 Å². The fraction of sp³-hybridized carbons (Fsp3) is 0.364. The van der Waals surface area contributed by atoms with Crippen molar-refractivity contribution < 1.29 is 4.79 Å². The van der Waals surface area contributed by atoms with Gasteiger partial charge in [-0.15, -0.1) is 0 Å². The molecule has 7 nitrogen and oxygen atoms in total. The van der Waals surface area contributed by atoms with Gasteiger partial charge in [-0.05, 0) is 6.07 Å². The van der Waals surface area contributed by atoms with Crippen molar-refractivity contribution in [1.82, 2.24) is 24.8 Å². The second kappa shape index (κ2) is 5.35. The van der Waals surface area contributed by atoms with E-state index in [1.54, 1.807) is 24.8 Å². The van der Waals surface area contributed by atoms with Crippen molar-refractivity contribution in [2.24, 2.45) is 0 Å². The topological polar surface area (TPSA) is 74.6 Å². The van der Waals surface area contributed by atoms with E-state index in [-0.39, 0.29) is 6.03 Å². The van der Waals surface area contributed by atoms with E-state index in [4.69, 9.17) is 0 Å². The second-order valence-electron chi connectivity index (χ2n) is 4.00. The van der Waals surface area contributed by atoms with Crippen LogP contribution >= 0.6 is 0 Å². The van der Waals surface area contributed by atoms with Crippen LogP contribution in [0.1, 0.15) is 0 Å². The molecule has 2 amide bonds. The molecule has 96 valence electrons. The van der Waals surface area contributed by atoms with E-state index in [1.807, 2.05) is 18.3 Å². The molecule has 0 aromatic carbocycles. The van der Waals surface area contributed by atoms with Crippen LogP contribution in [0, 0.1) is 0 Å². The quantitative estimate of drug-likeness (QED) is 0.769. The molecule has 0 unspecified atom stereocenters. The number of aromatic nitrogens is 3. The highest BCUT2D eigenvalue weighted by Crippen LogP contribution is 2.04. The van der Waals surface area contributed by atoms with Gasteiger partial charge in [0.15, 0.2) is 5.65 Å². The van der Waals surface area contributed by atoms with Crippen LogP contribution in [0.25, 0.3) is 5.65 Å². The van der Waals surface area contributed by atoms with Crippen LogP contribution in [0.15, 0.2) is 24.5 Å². The molecule has 18 heavy (non-hydrogen) atoms. The molecule has 2 aromatic rings. The zero-order valence-electron chi connectivity index (χ0n) is 10.4. The highest BCUT2D eigenvalue weighted by Gasteiger charge is 2.01. The Labute approximate surface area is 105 Å². The summed E-state index contributed by atoms with van der Waals surface area (Å²) in [6.07, 6.45) is 3.53. The van der Waals surface area contributed by atoms with Crippen LogP contribution in [0.5, 0.6) is 0 Å². The van der Waals surface area contributed by atoms with E-state index in [1.165, 1.54) is 4.90 Å². The zero-order chi connectivity index (χ0) is 13.0. The van der Waals surface area contributed by atoms with Gasteiger partial charge in [0.25, 0.3) is 0 Å². The number of hydrogen-bond acceptors (Lipinski definition) is 4. The number of nitrogens with one attached hydrogen (secondary N) is 2. The van der Waals surface area contributed by atoms with E-state index in [2.05, 4.69) is 20.7 Å². The Kier molecular flexibility index (Phi) is 3.61. The third-order valence-electron chi connectivity index (χ3n) is 2.37. The number of carbonyl (C=O) groups is 1. The van der Waals surface area contributed by atoms with E-state index < -0.39 is 0 Å². The van der Waals surface area contributed by atoms with Gasteiger partial charge in [-0.1, -0.05) is 0 Å². The molecule has 0 bridgehead atoms. The highest BCUT2D eigenvalue weighted by atomic mass is 16.2. The molecule has 2 heterocycles. The van der Waals surface area contributed by atoms with E-state index in [9.17, 15) is 4.79 Å². The summed E-state index contributed by atoms with van der Waals surface area (Å²) in [5.74, 6) is 0.766. The maximum atomic E-state index is 11.3. The summed E-state index contributed by atoms with van der Waals surface area (Å²) >= 11 is 0. The maximum absolute atomic E-state index is 11.3. The van der Waals surface area contributed by atoms with Gasteiger partial charge in [0.05, 0.1) is 6.20 Å². The van der Waals surface area contributed by atoms with Crippen LogP contribution < -0.4 is 10.6 Å². The monoisotopic (exact) mass is 248 g/mol. The van der Waals surface area contributed by atoms with E-state index in [0.717, 1.165) is 11.5 Å². The molecule has 2 aromatic heterocycles. The number of hydrogen-bond donors (Lipinski definition) is 2. The van der Waals surface area contributed by atoms with Crippen LogP contribution in [-0.4, -0.2) is 52.7 Å². The summed E-state index contributed by atoms with van der Waals surface area (Å²) in [5.41, 5.74) is 0.789. The number of nitrogens with zero attached hydrogens (tertiary/aromatic N) is 4. The standard InChI is InChI=1S/C11H16N6O/c1-16(2)11(18)13-7-6-12-9-4-8-17-10(15-9)3-5-14-17/h3-5,8H,6-7H2,1-2H3,(H,12,15)(H,13,18). The fourth-order valence-corrected chi connectivity index (χ4v) is 1.43. The van der Waals surface area contributed by atoms with Crippen molar-refractivity contribution in [3.63, 3.8) is 0 Å². The minimum atomic E-state index is -0.101. The number of fused-ring (bicyclic) bond motifs is 1. The van der Waals surface area contributed by atoms with Gasteiger partial charge in [0.2, 0.25) is 0 Å². The van der Waals surface area contributed by atoms with Crippen LogP contribution in [0.4, 0.5) is 10.6 Å². The van der Waals surface area contributed by atoms with Gasteiger partial charge >= 0.3 is 6.03 Å². The smallest absolute Gasteiger partial charge is 0.316 e. The molecule has 0 spiro atoms. The van der Waals surface area contributed by atoms with Crippen molar-refractivity contribution in [3.05, 3.63) is 24.5 Å². The molecular weight excluding hydrogens is 232 g/mol. The Balaban J connectivity index is 1.81. The van der Waals surface area contributed by atoms with Gasteiger partial charge in [0, 0.05) is 39.4 Å². The lowest BCUT2D eigenvalue weighted by Crippen LogP contribution is -2.37. The molecule has 0 fully saturated rings. The first-order chi connectivity index (χ1) is 8.66. The van der Waals surface area contributed by atoms with Gasteiger partial charge in [-0.2, -0.15) is 5.10 Å². The number of anilines is 1. The molecule has 2 N–H and O–H groups in total. The average Bonchev–Trinajstić information content (AvgIpc) is 2.81. The van der Waals surface area contributed by atoms with Crippen LogP contribution in [0.3, 0.4) is 0 Å². The molecule has 0 saturated heterocycles. The lowest BCUT2D eigenvalue weighted by Gasteiger charge is -2.12. The Hall–Kier alpha value is -2.31. The van der Waals surface area contributed by atoms with Crippen molar-refractivity contribution in [2.75, 3.05) is 32.5 Å². The summed E-state index contributed by atoms with van der Waals surface area (Å²) in [5, 5.41) is 9.96. The zero-order valence-corrected chi connectivity index (χ0v) is 10.4. The Bertz CT molecular complexity index is 535. The van der Waals surface area contributed by atoms with Crippen molar-refractivity contribution in [3.8, 4) is 0 Å². The molecule has 0 aliphatic heterocycles. The van der Waals surface area contributed by atoms with Crippen molar-refractivity contribution >= 4 is 17.5 Å². The average molecular weight is 248 g/mol. The van der Waals surface area contributed by atoms with Gasteiger partial charge in [-0.3, -0.25) is 0 Å². The summed E-state index contributed by atoms with van der Waals surface area (Å²) in [4.78, 5) is 17.1. The number of rotatable bonds is 4. The fourth-order valence-electron chi connectivity index (χ4n) is 1.43. The van der Waals surface area contributed by atoms with Gasteiger partial charge in [-0.25, -0.2) is 14.3 Å². The van der Waals surface area contributed by atoms with Crippen molar-refractivity contribution in [1.29, 1.82) is 0 Å². The van der Waals surface area contributed by atoms with E-state index >= 15 is 0 Å². The van der Waals surface area contributed by atoms with Crippen molar-refractivity contribution in [2.45, 2.75) is 0 Å². The summed E-state index contributed by atoms with van der Waals surface area (Å²) < 4.78 is 1.69. The first kappa shape index (κ1) is 12.2. The summed E-state index contributed by atoms with van der Waals surface area (Å²) in [6, 6.07) is 3.57. The second-order valence-corrected chi connectivity index (χ2v) is 4.00. The largest absolute Gasteiger partial charge is 0.368 e. The predicted octanol–water partition coefficient (Wildman–Crippen LogP) is 0.412. The summed E-state index contributed by atoms with van der Waals surface area (Å²) in [7, 11) is 3.41. The van der Waals surface area contributed by atoms with Crippen LogP contribution in [0.2, 0.25) is 0 Å². The first-order valence-electron chi connectivity index (χ1n) is 5.66. The number of carbonyl (C=O) groups excluding carboxylic acids is 1. The normalized spacial score (nSPS) is 10.3. The van der Waals surface area contributed by atoms with Gasteiger partial charge < -0.3 is 15.5 Å². The minimum absolute atomic E-state index is 0.101. The molecule has 0 radical (unpaired) electrons. The summed E-state index contributed by atoms with van der Waals surface area (Å²) in [6.45, 7) is 1.17. The Morgan fingerprint density at radius 2 is 2.22 bits per heavy atom. The lowest BCUT2D eigenvalue weighted by atomic mass is 10.5.